The van der Waals surface area contributed by atoms with Crippen LogP contribution in [-0.2, 0) is 11.8 Å². The zero-order chi connectivity index (χ0) is 22.9. The number of halogens is 1. The van der Waals surface area contributed by atoms with E-state index in [0.29, 0.717) is 24.1 Å². The van der Waals surface area contributed by atoms with Crippen molar-refractivity contribution in [2.75, 3.05) is 11.9 Å². The Morgan fingerprint density at radius 3 is 2.58 bits per heavy atom. The second kappa shape index (κ2) is 8.70. The topological polar surface area (TPSA) is 124 Å². The van der Waals surface area contributed by atoms with Crippen molar-refractivity contribution in [3.8, 4) is 6.07 Å². The zero-order valence-electron chi connectivity index (χ0n) is 17.5. The molecule has 1 aliphatic carbocycles. The number of carbonyl (C=O) groups excluding carboxylic acids is 3. The minimum absolute atomic E-state index is 0.0544. The van der Waals surface area contributed by atoms with Crippen molar-refractivity contribution in [3.63, 3.8) is 0 Å². The number of carbonyl (C=O) groups is 3. The van der Waals surface area contributed by atoms with E-state index in [4.69, 9.17) is 10.4 Å². The highest BCUT2D eigenvalue weighted by Crippen LogP contribution is 2.27. The molecule has 162 valence electrons. The summed E-state index contributed by atoms with van der Waals surface area (Å²) in [6, 6.07) is 5.20. The third kappa shape index (κ3) is 4.20. The molecule has 0 bridgehead atoms. The van der Waals surface area contributed by atoms with Crippen LogP contribution in [0.25, 0.3) is 0 Å². The van der Waals surface area contributed by atoms with Crippen LogP contribution >= 0.6 is 0 Å². The Balaban J connectivity index is 1.81. The molecule has 1 fully saturated rings. The Bertz CT molecular complexity index is 1110. The van der Waals surface area contributed by atoms with Crippen LogP contribution in [0.4, 0.5) is 10.1 Å². The van der Waals surface area contributed by atoms with Crippen molar-refractivity contribution in [3.05, 3.63) is 52.1 Å². The molecule has 2 amide bonds. The summed E-state index contributed by atoms with van der Waals surface area (Å²) in [6.45, 7) is 3.29. The van der Waals surface area contributed by atoms with Crippen LogP contribution in [-0.4, -0.2) is 39.9 Å². The number of anilines is 1. The Hall–Kier alpha value is -3.51. The van der Waals surface area contributed by atoms with Gasteiger partial charge in [0.2, 0.25) is 0 Å². The number of hydrogen-bond acceptors (Lipinski definition) is 5. The van der Waals surface area contributed by atoms with Gasteiger partial charge in [-0.05, 0) is 56.4 Å². The van der Waals surface area contributed by atoms with E-state index in [2.05, 4.69) is 10.6 Å². The lowest BCUT2D eigenvalue weighted by molar-refractivity contribution is -0.118. The summed E-state index contributed by atoms with van der Waals surface area (Å²) in [7, 11) is 1.59. The number of amides is 2. The van der Waals surface area contributed by atoms with E-state index in [1.165, 1.54) is 16.7 Å². The molecule has 3 N–H and O–H groups in total. The van der Waals surface area contributed by atoms with Gasteiger partial charge in [-0.3, -0.25) is 14.4 Å². The summed E-state index contributed by atoms with van der Waals surface area (Å²) in [6.07, 6.45) is 1.24. The number of hydrogen-bond donors (Lipinski definition) is 3. The average molecular weight is 426 g/mol. The number of Topliss-reactive ketones (excluding diaryl/α,β-unsaturated/α-hetero) is 1. The monoisotopic (exact) mass is 426 g/mol. The second-order valence-corrected chi connectivity index (χ2v) is 7.77. The lowest BCUT2D eigenvalue weighted by Crippen LogP contribution is -2.47. The lowest BCUT2D eigenvalue weighted by atomic mass is 9.81. The van der Waals surface area contributed by atoms with Gasteiger partial charge in [0.05, 0.1) is 16.8 Å². The van der Waals surface area contributed by atoms with E-state index < -0.39 is 23.4 Å². The number of aliphatic hydroxyl groups is 1. The molecule has 31 heavy (non-hydrogen) atoms. The summed E-state index contributed by atoms with van der Waals surface area (Å²) in [5.41, 5.74) is 1.20. The maximum atomic E-state index is 13.5. The van der Waals surface area contributed by atoms with Gasteiger partial charge in [-0.1, -0.05) is 0 Å². The normalized spacial score (nSPS) is 17.4. The SMILES string of the molecule is Cc1c(C(=O)Nc2ccc(F)c(C#N)c2)c(C)n(C)c1C(=O)C(=O)NC1CC(CO)C1. The highest BCUT2D eigenvalue weighted by Gasteiger charge is 2.33. The maximum absolute atomic E-state index is 13.5. The minimum atomic E-state index is -0.755. The Kier molecular flexibility index (Phi) is 6.22. The fraction of sp³-hybridized carbons (Fsp3) is 0.364. The molecule has 8 nitrogen and oxygen atoms in total. The average Bonchev–Trinajstić information content (AvgIpc) is 2.93. The van der Waals surface area contributed by atoms with E-state index in [-0.39, 0.29) is 41.1 Å². The first-order valence-corrected chi connectivity index (χ1v) is 9.80. The predicted octanol–water partition coefficient (Wildman–Crippen LogP) is 1.97. The van der Waals surface area contributed by atoms with Crippen LogP contribution in [0.15, 0.2) is 18.2 Å². The second-order valence-electron chi connectivity index (χ2n) is 7.77. The van der Waals surface area contributed by atoms with Gasteiger partial charge in [-0.15, -0.1) is 0 Å². The molecule has 0 aliphatic heterocycles. The van der Waals surface area contributed by atoms with E-state index in [9.17, 15) is 18.8 Å². The number of nitrogens with zero attached hydrogens (tertiary/aromatic N) is 2. The van der Waals surface area contributed by atoms with Crippen molar-refractivity contribution in [2.45, 2.75) is 32.7 Å². The highest BCUT2D eigenvalue weighted by molar-refractivity contribution is 6.43. The number of nitrogens with one attached hydrogen (secondary N) is 2. The lowest BCUT2D eigenvalue weighted by Gasteiger charge is -2.34. The van der Waals surface area contributed by atoms with Gasteiger partial charge in [0.15, 0.2) is 0 Å². The van der Waals surface area contributed by atoms with Crippen molar-refractivity contribution in [2.24, 2.45) is 13.0 Å². The number of aliphatic hydroxyl groups excluding tert-OH is 1. The van der Waals surface area contributed by atoms with E-state index in [1.807, 2.05) is 0 Å². The summed E-state index contributed by atoms with van der Waals surface area (Å²) in [5, 5.41) is 23.3. The van der Waals surface area contributed by atoms with Gasteiger partial charge >= 0.3 is 0 Å². The van der Waals surface area contributed by atoms with Gasteiger partial charge in [0, 0.05) is 31.1 Å². The molecule has 1 aromatic heterocycles. The van der Waals surface area contributed by atoms with Crippen molar-refractivity contribution in [1.29, 1.82) is 5.26 Å². The molecular formula is C22H23FN4O4. The van der Waals surface area contributed by atoms with E-state index in [1.54, 1.807) is 27.0 Å². The van der Waals surface area contributed by atoms with E-state index in [0.717, 1.165) is 6.07 Å². The smallest absolute Gasteiger partial charge is 0.294 e. The number of benzene rings is 1. The first kappa shape index (κ1) is 22.2. The molecule has 1 aromatic carbocycles. The predicted molar refractivity (Wildman–Crippen MR) is 110 cm³/mol. The largest absolute Gasteiger partial charge is 0.396 e. The standard InChI is InChI=1S/C22H23FN4O4/c1-11-18(21(30)25-15-4-5-17(23)14(8-15)9-24)12(2)27(3)19(11)20(29)22(31)26-16-6-13(7-16)10-28/h4-5,8,13,16,28H,6-7,10H2,1-3H3,(H,25,30)(H,26,31). The van der Waals surface area contributed by atoms with Crippen LogP contribution in [0.2, 0.25) is 0 Å². The molecule has 1 saturated carbocycles. The van der Waals surface area contributed by atoms with Crippen LogP contribution in [0.1, 0.15) is 50.5 Å². The van der Waals surface area contributed by atoms with Crippen LogP contribution in [0.5, 0.6) is 0 Å². The van der Waals surface area contributed by atoms with Crippen LogP contribution < -0.4 is 10.6 Å². The highest BCUT2D eigenvalue weighted by atomic mass is 19.1. The van der Waals surface area contributed by atoms with Crippen molar-refractivity contribution in [1.82, 2.24) is 9.88 Å². The van der Waals surface area contributed by atoms with Gasteiger partial charge in [0.1, 0.15) is 11.9 Å². The van der Waals surface area contributed by atoms with Crippen molar-refractivity contribution >= 4 is 23.3 Å². The zero-order valence-corrected chi connectivity index (χ0v) is 17.5. The number of ketones is 1. The molecular weight excluding hydrogens is 403 g/mol. The Labute approximate surface area is 178 Å². The summed E-state index contributed by atoms with van der Waals surface area (Å²) < 4.78 is 15.0. The fourth-order valence-electron chi connectivity index (χ4n) is 3.88. The third-order valence-electron chi connectivity index (χ3n) is 5.75. The summed E-state index contributed by atoms with van der Waals surface area (Å²) in [5.74, 6) is -2.59. The summed E-state index contributed by atoms with van der Waals surface area (Å²) in [4.78, 5) is 38.1. The minimum Gasteiger partial charge on any atom is -0.396 e. The quantitative estimate of drug-likeness (QED) is 0.481. The molecule has 0 spiro atoms. The van der Waals surface area contributed by atoms with Crippen LogP contribution in [0, 0.1) is 36.9 Å². The number of rotatable bonds is 6. The Morgan fingerprint density at radius 1 is 1.29 bits per heavy atom. The molecule has 3 rings (SSSR count). The van der Waals surface area contributed by atoms with Crippen LogP contribution in [0.3, 0.4) is 0 Å². The molecule has 1 aliphatic rings. The third-order valence-corrected chi connectivity index (χ3v) is 5.75. The first-order valence-electron chi connectivity index (χ1n) is 9.80. The number of aromatic nitrogens is 1. The molecule has 2 aromatic rings. The molecule has 0 saturated heterocycles. The molecule has 9 heteroatoms. The van der Waals surface area contributed by atoms with Gasteiger partial charge in [-0.25, -0.2) is 4.39 Å². The first-order chi connectivity index (χ1) is 14.7. The molecule has 1 heterocycles. The maximum Gasteiger partial charge on any atom is 0.294 e. The molecule has 0 unspecified atom stereocenters. The fourth-order valence-corrected chi connectivity index (χ4v) is 3.88. The van der Waals surface area contributed by atoms with Gasteiger partial charge in [0.25, 0.3) is 17.6 Å². The van der Waals surface area contributed by atoms with E-state index >= 15 is 0 Å². The van der Waals surface area contributed by atoms with Gasteiger partial charge < -0.3 is 20.3 Å². The Morgan fingerprint density at radius 2 is 1.97 bits per heavy atom. The molecule has 0 radical (unpaired) electrons. The molecule has 0 atom stereocenters. The number of nitriles is 1. The summed E-state index contributed by atoms with van der Waals surface area (Å²) >= 11 is 0. The van der Waals surface area contributed by atoms with Crippen molar-refractivity contribution < 1.29 is 23.9 Å². The van der Waals surface area contributed by atoms with Gasteiger partial charge in [-0.2, -0.15) is 5.26 Å².